The molecule has 1 aliphatic heterocycles. The van der Waals surface area contributed by atoms with E-state index in [9.17, 15) is 14.7 Å². The Hall–Kier alpha value is -3.93. The average Bonchev–Trinajstić information content (AvgIpc) is 3.49. The molecule has 0 fully saturated rings. The lowest BCUT2D eigenvalue weighted by molar-refractivity contribution is -0.185. The molecule has 1 aromatic heterocycles. The van der Waals surface area contributed by atoms with E-state index in [0.29, 0.717) is 33.5 Å². The molecule has 0 bridgehead atoms. The molecular formula is C27H22N2O7S2. The van der Waals surface area contributed by atoms with Crippen molar-refractivity contribution in [2.24, 2.45) is 0 Å². The van der Waals surface area contributed by atoms with E-state index in [2.05, 4.69) is 8.75 Å². The second kappa shape index (κ2) is 10.4. The molecule has 0 saturated heterocycles. The molecule has 9 nitrogen and oxygen atoms in total. The third-order valence-corrected chi connectivity index (χ3v) is 7.47. The van der Waals surface area contributed by atoms with Crippen molar-refractivity contribution >= 4 is 52.0 Å². The summed E-state index contributed by atoms with van der Waals surface area (Å²) in [5.41, 5.74) is 3.21. The SMILES string of the molecule is COc1ccc(CC2=C(c3ccc4nsnc4c3)C(=O)OC2(O)c2ccc(SC)cc2)c(OCC(=O)O)c1. The number of aliphatic hydroxyl groups is 1. The predicted octanol–water partition coefficient (Wildman–Crippen LogP) is 4.28. The fourth-order valence-electron chi connectivity index (χ4n) is 4.30. The molecule has 0 saturated carbocycles. The van der Waals surface area contributed by atoms with Crippen LogP contribution in [0, 0.1) is 0 Å². The molecule has 2 N–H and O–H groups in total. The number of esters is 1. The van der Waals surface area contributed by atoms with Gasteiger partial charge in [-0.3, -0.25) is 0 Å². The number of benzene rings is 3. The van der Waals surface area contributed by atoms with Crippen molar-refractivity contribution in [3.8, 4) is 11.5 Å². The summed E-state index contributed by atoms with van der Waals surface area (Å²) in [4.78, 5) is 25.5. The van der Waals surface area contributed by atoms with Crippen molar-refractivity contribution < 1.29 is 34.0 Å². The van der Waals surface area contributed by atoms with Gasteiger partial charge in [0.2, 0.25) is 0 Å². The van der Waals surface area contributed by atoms with Gasteiger partial charge in [0.05, 0.1) is 24.4 Å². The lowest BCUT2D eigenvalue weighted by atomic mass is 9.87. The maximum absolute atomic E-state index is 13.4. The van der Waals surface area contributed by atoms with E-state index >= 15 is 0 Å². The highest BCUT2D eigenvalue weighted by molar-refractivity contribution is 7.98. The maximum Gasteiger partial charge on any atom is 0.342 e. The molecule has 1 atom stereocenters. The molecule has 0 aliphatic carbocycles. The van der Waals surface area contributed by atoms with Crippen molar-refractivity contribution in [3.05, 3.63) is 82.9 Å². The number of cyclic esters (lactones) is 1. The molecule has 38 heavy (non-hydrogen) atoms. The number of aliphatic carboxylic acids is 1. The molecule has 0 amide bonds. The lowest BCUT2D eigenvalue weighted by Gasteiger charge is -2.26. The Kier molecular flexibility index (Phi) is 7.06. The number of hydrogen-bond acceptors (Lipinski definition) is 10. The van der Waals surface area contributed by atoms with Crippen molar-refractivity contribution in [2.45, 2.75) is 17.1 Å². The van der Waals surface area contributed by atoms with Gasteiger partial charge < -0.3 is 24.4 Å². The molecular weight excluding hydrogens is 528 g/mol. The van der Waals surface area contributed by atoms with E-state index in [0.717, 1.165) is 16.6 Å². The number of methoxy groups -OCH3 is 1. The molecule has 1 aliphatic rings. The van der Waals surface area contributed by atoms with Crippen LogP contribution in [0.15, 0.2) is 71.1 Å². The smallest absolute Gasteiger partial charge is 0.342 e. The number of carboxylic acid groups (broad SMARTS) is 1. The third kappa shape index (κ3) is 4.83. The highest BCUT2D eigenvalue weighted by Gasteiger charge is 2.48. The zero-order valence-electron chi connectivity index (χ0n) is 20.3. The van der Waals surface area contributed by atoms with Crippen LogP contribution in [0.2, 0.25) is 0 Å². The number of carbonyl (C=O) groups is 2. The largest absolute Gasteiger partial charge is 0.497 e. The highest BCUT2D eigenvalue weighted by atomic mass is 32.2. The van der Waals surface area contributed by atoms with Crippen LogP contribution in [0.25, 0.3) is 16.6 Å². The second-order valence-corrected chi connectivity index (χ2v) is 9.82. The van der Waals surface area contributed by atoms with Crippen molar-refractivity contribution in [3.63, 3.8) is 0 Å². The number of thioether (sulfide) groups is 1. The first-order chi connectivity index (χ1) is 18.3. The molecule has 1 unspecified atom stereocenters. The molecule has 0 radical (unpaired) electrons. The van der Waals surface area contributed by atoms with E-state index in [4.69, 9.17) is 19.3 Å². The Morgan fingerprint density at radius 3 is 2.55 bits per heavy atom. The van der Waals surface area contributed by atoms with Crippen LogP contribution in [0.1, 0.15) is 16.7 Å². The molecule has 194 valence electrons. The van der Waals surface area contributed by atoms with Gasteiger partial charge in [0.15, 0.2) is 6.61 Å². The molecule has 0 spiro atoms. The van der Waals surface area contributed by atoms with Gasteiger partial charge in [-0.25, -0.2) is 9.59 Å². The Morgan fingerprint density at radius 2 is 1.84 bits per heavy atom. The van der Waals surface area contributed by atoms with Gasteiger partial charge >= 0.3 is 11.9 Å². The van der Waals surface area contributed by atoms with Crippen molar-refractivity contribution in [1.29, 1.82) is 0 Å². The number of carbonyl (C=O) groups excluding carboxylic acids is 1. The van der Waals surface area contributed by atoms with Crippen molar-refractivity contribution in [2.75, 3.05) is 20.0 Å². The van der Waals surface area contributed by atoms with Crippen LogP contribution in [0.4, 0.5) is 0 Å². The van der Waals surface area contributed by atoms with Crippen molar-refractivity contribution in [1.82, 2.24) is 8.75 Å². The number of fused-ring (bicyclic) bond motifs is 1. The van der Waals surface area contributed by atoms with Gasteiger partial charge in [0.1, 0.15) is 22.5 Å². The van der Waals surface area contributed by atoms with Crippen LogP contribution in [-0.2, 0) is 26.5 Å². The number of nitrogens with zero attached hydrogens (tertiary/aromatic N) is 2. The standard InChI is InChI=1S/C27H22N2O7S2/c1-34-18-7-3-15(23(13-18)35-14-24(30)31)11-20-25(16-4-10-21-22(12-16)29-38-28-21)26(32)36-27(20,33)17-5-8-19(37-2)9-6-17/h3-10,12-13,33H,11,14H2,1-2H3,(H,30,31). The summed E-state index contributed by atoms with van der Waals surface area (Å²) in [6, 6.07) is 17.3. The second-order valence-electron chi connectivity index (χ2n) is 8.42. The van der Waals surface area contributed by atoms with E-state index in [1.165, 1.54) is 7.11 Å². The first-order valence-electron chi connectivity index (χ1n) is 11.4. The molecule has 5 rings (SSSR count). The topological polar surface area (TPSA) is 128 Å². The number of ether oxygens (including phenoxy) is 3. The lowest BCUT2D eigenvalue weighted by Crippen LogP contribution is -2.29. The van der Waals surface area contributed by atoms with Gasteiger partial charge in [-0.15, -0.1) is 11.8 Å². The summed E-state index contributed by atoms with van der Waals surface area (Å²) in [6.45, 7) is -0.574. The Bertz CT molecular complexity index is 1570. The maximum atomic E-state index is 13.4. The average molecular weight is 551 g/mol. The molecule has 4 aromatic rings. The normalized spacial score (nSPS) is 17.1. The van der Waals surface area contributed by atoms with Gasteiger partial charge in [-0.05, 0) is 47.7 Å². The van der Waals surface area contributed by atoms with Crippen LogP contribution < -0.4 is 9.47 Å². The summed E-state index contributed by atoms with van der Waals surface area (Å²) in [5, 5.41) is 21.1. The van der Waals surface area contributed by atoms with E-state index < -0.39 is 24.3 Å². The van der Waals surface area contributed by atoms with E-state index in [1.807, 2.05) is 18.4 Å². The first kappa shape index (κ1) is 25.7. The van der Waals surface area contributed by atoms with E-state index in [-0.39, 0.29) is 23.3 Å². The Balaban J connectivity index is 1.68. The molecule has 11 heteroatoms. The zero-order valence-corrected chi connectivity index (χ0v) is 22.0. The van der Waals surface area contributed by atoms with Crippen LogP contribution in [0.3, 0.4) is 0 Å². The highest BCUT2D eigenvalue weighted by Crippen LogP contribution is 2.46. The predicted molar refractivity (Wildman–Crippen MR) is 142 cm³/mol. The third-order valence-electron chi connectivity index (χ3n) is 6.17. The number of carboxylic acids is 1. The van der Waals surface area contributed by atoms with Gasteiger partial charge in [0.25, 0.3) is 5.79 Å². The number of rotatable bonds is 9. The van der Waals surface area contributed by atoms with Crippen LogP contribution in [-0.4, -0.2) is 50.9 Å². The minimum absolute atomic E-state index is 0.0220. The molecule has 3 aromatic carbocycles. The van der Waals surface area contributed by atoms with Gasteiger partial charge in [0, 0.05) is 28.5 Å². The van der Waals surface area contributed by atoms with Gasteiger partial charge in [-0.1, -0.05) is 24.3 Å². The summed E-state index contributed by atoms with van der Waals surface area (Å²) in [7, 11) is 1.49. The van der Waals surface area contributed by atoms with Crippen LogP contribution in [0.5, 0.6) is 11.5 Å². The Labute approximate surface area is 226 Å². The minimum Gasteiger partial charge on any atom is -0.497 e. The monoisotopic (exact) mass is 550 g/mol. The zero-order chi connectivity index (χ0) is 26.9. The summed E-state index contributed by atoms with van der Waals surface area (Å²) in [5.74, 6) is -3.19. The molecule has 2 heterocycles. The summed E-state index contributed by atoms with van der Waals surface area (Å²) in [6.07, 6.45) is 1.96. The minimum atomic E-state index is -2.07. The summed E-state index contributed by atoms with van der Waals surface area (Å²) >= 11 is 2.61. The fourth-order valence-corrected chi connectivity index (χ4v) is 5.23. The Morgan fingerprint density at radius 1 is 1.08 bits per heavy atom. The summed E-state index contributed by atoms with van der Waals surface area (Å²) < 4.78 is 25.0. The number of hydrogen-bond donors (Lipinski definition) is 2. The quantitative estimate of drug-likeness (QED) is 0.230. The first-order valence-corrected chi connectivity index (χ1v) is 13.4. The number of aromatic nitrogens is 2. The van der Waals surface area contributed by atoms with E-state index in [1.54, 1.807) is 60.3 Å². The van der Waals surface area contributed by atoms with Gasteiger partial charge in [-0.2, -0.15) is 8.75 Å². The fraction of sp³-hybridized carbons (Fsp3) is 0.185. The van der Waals surface area contributed by atoms with Crippen LogP contribution >= 0.6 is 23.5 Å².